The quantitative estimate of drug-likeness (QED) is 0.332. The highest BCUT2D eigenvalue weighted by atomic mass is 32.2. The zero-order chi connectivity index (χ0) is 28.6. The van der Waals surface area contributed by atoms with Crippen molar-refractivity contribution in [3.8, 4) is 28.7 Å². The lowest BCUT2D eigenvalue weighted by Crippen LogP contribution is -2.42. The third-order valence-corrected chi connectivity index (χ3v) is 7.90. The van der Waals surface area contributed by atoms with Crippen LogP contribution in [-0.2, 0) is 14.8 Å². The molecule has 0 saturated heterocycles. The summed E-state index contributed by atoms with van der Waals surface area (Å²) in [6, 6.07) is 15.9. The molecule has 0 heterocycles. The summed E-state index contributed by atoms with van der Waals surface area (Å²) in [7, 11) is 3.03. The van der Waals surface area contributed by atoms with Crippen LogP contribution in [0.5, 0.6) is 28.7 Å². The maximum atomic E-state index is 14.0. The normalized spacial score (nSPS) is 11.7. The van der Waals surface area contributed by atoms with Crippen molar-refractivity contribution in [3.63, 3.8) is 0 Å². The van der Waals surface area contributed by atoms with Gasteiger partial charge in [0.05, 0.1) is 52.2 Å². The first-order chi connectivity index (χ1) is 18.7. The Labute approximate surface area is 229 Å². The average Bonchev–Trinajstić information content (AvgIpc) is 2.97. The lowest BCUT2D eigenvalue weighted by Gasteiger charge is -2.27. The van der Waals surface area contributed by atoms with E-state index in [1.165, 1.54) is 52.7 Å². The van der Waals surface area contributed by atoms with Gasteiger partial charge >= 0.3 is 0 Å². The lowest BCUT2D eigenvalue weighted by atomic mass is 10.0. The molecule has 3 rings (SSSR count). The fourth-order valence-electron chi connectivity index (χ4n) is 4.02. The van der Waals surface area contributed by atoms with Crippen LogP contribution in [0.3, 0.4) is 0 Å². The highest BCUT2D eigenvalue weighted by Gasteiger charge is 2.31. The van der Waals surface area contributed by atoms with Crippen LogP contribution in [0.2, 0.25) is 0 Å². The Hall–Kier alpha value is -4.12. The molecule has 3 aromatic carbocycles. The third-order valence-electron chi connectivity index (χ3n) is 6.15. The number of anilines is 1. The van der Waals surface area contributed by atoms with Gasteiger partial charge in [-0.15, -0.1) is 0 Å². The number of hydrogen-bond acceptors (Lipinski definition) is 8. The van der Waals surface area contributed by atoms with E-state index in [0.29, 0.717) is 23.7 Å². The monoisotopic (exact) mass is 558 g/mol. The molecule has 0 aromatic heterocycles. The number of sulfonamides is 1. The minimum absolute atomic E-state index is 0.0972. The van der Waals surface area contributed by atoms with Gasteiger partial charge < -0.3 is 29.0 Å². The van der Waals surface area contributed by atoms with E-state index in [1.54, 1.807) is 31.4 Å². The van der Waals surface area contributed by atoms with E-state index in [4.69, 9.17) is 23.7 Å². The van der Waals surface area contributed by atoms with E-state index in [0.717, 1.165) is 9.87 Å². The van der Waals surface area contributed by atoms with E-state index >= 15 is 0 Å². The fourth-order valence-corrected chi connectivity index (χ4v) is 5.46. The maximum Gasteiger partial charge on any atom is 0.265 e. The van der Waals surface area contributed by atoms with E-state index in [-0.39, 0.29) is 28.1 Å². The number of hydrogen-bond donors (Lipinski definition) is 1. The number of carbonyl (C=O) groups is 1. The minimum Gasteiger partial charge on any atom is -0.497 e. The first kappa shape index (κ1) is 29.4. The molecule has 0 aliphatic rings. The van der Waals surface area contributed by atoms with Crippen molar-refractivity contribution in [3.05, 3.63) is 66.2 Å². The van der Waals surface area contributed by atoms with Crippen molar-refractivity contribution in [2.75, 3.05) is 46.4 Å². The molecule has 0 aliphatic carbocycles. The summed E-state index contributed by atoms with van der Waals surface area (Å²) in [5.74, 6) is 1.41. The summed E-state index contributed by atoms with van der Waals surface area (Å²) < 4.78 is 55.6. The molecule has 39 heavy (non-hydrogen) atoms. The van der Waals surface area contributed by atoms with E-state index in [9.17, 15) is 13.2 Å². The van der Waals surface area contributed by atoms with Crippen LogP contribution in [0.1, 0.15) is 24.9 Å². The van der Waals surface area contributed by atoms with E-state index < -0.39 is 22.5 Å². The van der Waals surface area contributed by atoms with Gasteiger partial charge in [-0.3, -0.25) is 9.10 Å². The average molecular weight is 559 g/mol. The number of nitrogens with one attached hydrogen (secondary N) is 1. The number of methoxy groups -OCH3 is 5. The van der Waals surface area contributed by atoms with Crippen LogP contribution in [0, 0.1) is 0 Å². The predicted octanol–water partition coefficient (Wildman–Crippen LogP) is 4.19. The van der Waals surface area contributed by atoms with E-state index in [1.807, 2.05) is 19.1 Å². The lowest BCUT2D eigenvalue weighted by molar-refractivity contribution is -0.120. The molecule has 1 N–H and O–H groups in total. The number of amides is 1. The van der Waals surface area contributed by atoms with Gasteiger partial charge in [0.2, 0.25) is 5.91 Å². The zero-order valence-corrected chi connectivity index (χ0v) is 23.7. The van der Waals surface area contributed by atoms with Crippen molar-refractivity contribution in [2.24, 2.45) is 0 Å². The van der Waals surface area contributed by atoms with Crippen LogP contribution in [-0.4, -0.2) is 56.4 Å². The van der Waals surface area contributed by atoms with Crippen molar-refractivity contribution in [1.29, 1.82) is 0 Å². The SMILES string of the molecule is CC[C@H](NC(=O)CN(c1cc(OC)ccc1OC)S(=O)(=O)c1ccc(OC)c(OC)c1)c1ccc(OC)cc1. The topological polar surface area (TPSA) is 113 Å². The first-order valence-corrected chi connectivity index (χ1v) is 13.6. The second-order valence-electron chi connectivity index (χ2n) is 8.37. The van der Waals surface area contributed by atoms with Gasteiger partial charge in [-0.05, 0) is 48.4 Å². The van der Waals surface area contributed by atoms with Gasteiger partial charge in [-0.25, -0.2) is 8.42 Å². The Kier molecular flexibility index (Phi) is 9.89. The summed E-state index contributed by atoms with van der Waals surface area (Å²) >= 11 is 0. The molecule has 0 fully saturated rings. The maximum absolute atomic E-state index is 14.0. The zero-order valence-electron chi connectivity index (χ0n) is 22.9. The van der Waals surface area contributed by atoms with Gasteiger partial charge in [-0.1, -0.05) is 19.1 Å². The molecule has 1 amide bonds. The van der Waals surface area contributed by atoms with Crippen LogP contribution in [0.15, 0.2) is 65.6 Å². The van der Waals surface area contributed by atoms with Gasteiger partial charge in [-0.2, -0.15) is 0 Å². The number of benzene rings is 3. The summed E-state index contributed by atoms with van der Waals surface area (Å²) in [5, 5.41) is 2.95. The van der Waals surface area contributed by atoms with Crippen LogP contribution < -0.4 is 33.3 Å². The van der Waals surface area contributed by atoms with Gasteiger partial charge in [0, 0.05) is 12.1 Å². The Morgan fingerprint density at radius 1 is 0.769 bits per heavy atom. The van der Waals surface area contributed by atoms with Crippen molar-refractivity contribution in [1.82, 2.24) is 5.32 Å². The summed E-state index contributed by atoms with van der Waals surface area (Å²) in [5.41, 5.74) is 0.999. The largest absolute Gasteiger partial charge is 0.497 e. The molecule has 0 spiro atoms. The minimum atomic E-state index is -4.30. The summed E-state index contributed by atoms with van der Waals surface area (Å²) in [4.78, 5) is 13.3. The van der Waals surface area contributed by atoms with Crippen molar-refractivity contribution < 1.29 is 36.9 Å². The highest BCUT2D eigenvalue weighted by Crippen LogP contribution is 2.37. The Balaban J connectivity index is 2.04. The van der Waals surface area contributed by atoms with E-state index in [2.05, 4.69) is 5.32 Å². The summed E-state index contributed by atoms with van der Waals surface area (Å²) in [6.45, 7) is 1.41. The molecule has 11 heteroatoms. The Bertz CT molecular complexity index is 1380. The smallest absolute Gasteiger partial charge is 0.265 e. The standard InChI is InChI=1S/C28H34N2O8S/c1-7-23(19-8-10-20(34-2)11-9-19)29-28(31)18-30(24-16-21(35-3)12-14-25(24)36-4)39(32,33)22-13-15-26(37-5)27(17-22)38-6/h8-17,23H,7,18H2,1-6H3,(H,29,31)/t23-/m0/s1. The molecule has 0 bridgehead atoms. The molecular formula is C28H34N2O8S. The van der Waals surface area contributed by atoms with Crippen LogP contribution in [0.25, 0.3) is 0 Å². The molecule has 210 valence electrons. The molecule has 3 aromatic rings. The molecule has 10 nitrogen and oxygen atoms in total. The van der Waals surface area contributed by atoms with Crippen LogP contribution in [0.4, 0.5) is 5.69 Å². The molecule has 1 atom stereocenters. The highest BCUT2D eigenvalue weighted by molar-refractivity contribution is 7.92. The predicted molar refractivity (Wildman–Crippen MR) is 148 cm³/mol. The Morgan fingerprint density at radius 2 is 1.36 bits per heavy atom. The van der Waals surface area contributed by atoms with Crippen molar-refractivity contribution in [2.45, 2.75) is 24.3 Å². The van der Waals surface area contributed by atoms with Crippen LogP contribution >= 0.6 is 0 Å². The first-order valence-electron chi connectivity index (χ1n) is 12.1. The molecule has 0 saturated carbocycles. The third kappa shape index (κ3) is 6.66. The Morgan fingerprint density at radius 3 is 1.92 bits per heavy atom. The molecule has 0 aliphatic heterocycles. The second-order valence-corrected chi connectivity index (χ2v) is 10.2. The number of carbonyl (C=O) groups excluding carboxylic acids is 1. The van der Waals surface area contributed by atoms with Gasteiger partial charge in [0.1, 0.15) is 23.8 Å². The number of ether oxygens (including phenoxy) is 5. The molecule has 0 unspecified atom stereocenters. The van der Waals surface area contributed by atoms with Crippen molar-refractivity contribution >= 4 is 21.6 Å². The van der Waals surface area contributed by atoms with Gasteiger partial charge in [0.25, 0.3) is 10.0 Å². The molecular weight excluding hydrogens is 524 g/mol. The number of rotatable bonds is 13. The van der Waals surface area contributed by atoms with Gasteiger partial charge in [0.15, 0.2) is 11.5 Å². The number of nitrogens with zero attached hydrogens (tertiary/aromatic N) is 1. The molecule has 0 radical (unpaired) electrons. The second kappa shape index (κ2) is 13.1. The summed E-state index contributed by atoms with van der Waals surface area (Å²) in [6.07, 6.45) is 0.586. The fraction of sp³-hybridized carbons (Fsp3) is 0.321.